The van der Waals surface area contributed by atoms with Crippen LogP contribution in [0.15, 0.2) is 24.0 Å². The Morgan fingerprint density at radius 3 is 3.11 bits per heavy atom. The quantitative estimate of drug-likeness (QED) is 0.761. The van der Waals surface area contributed by atoms with E-state index in [0.717, 1.165) is 22.9 Å². The van der Waals surface area contributed by atoms with Crippen molar-refractivity contribution in [2.75, 3.05) is 0 Å². The molecule has 0 radical (unpaired) electrons. The van der Waals surface area contributed by atoms with E-state index in [1.54, 1.807) is 11.3 Å². The zero-order chi connectivity index (χ0) is 12.7. The molecule has 1 fully saturated rings. The molecule has 7 heteroatoms. The average molecular weight is 274 g/mol. The lowest BCUT2D eigenvalue weighted by atomic mass is 10.4. The molecule has 3 aromatic rings. The number of fused-ring (bicyclic) bond motifs is 1. The van der Waals surface area contributed by atoms with Crippen LogP contribution in [0, 0.1) is 0 Å². The molecule has 3 heterocycles. The van der Waals surface area contributed by atoms with Crippen molar-refractivity contribution in [3.8, 4) is 0 Å². The molecular weight excluding hydrogens is 260 g/mol. The Labute approximate surface area is 114 Å². The smallest absolute Gasteiger partial charge is 0.193 e. The van der Waals surface area contributed by atoms with Crippen molar-refractivity contribution in [2.24, 2.45) is 0 Å². The van der Waals surface area contributed by atoms with Crippen molar-refractivity contribution in [2.45, 2.75) is 32.0 Å². The molecule has 6 nitrogen and oxygen atoms in total. The zero-order valence-corrected chi connectivity index (χ0v) is 11.2. The summed E-state index contributed by atoms with van der Waals surface area (Å²) in [5.41, 5.74) is 2.01. The summed E-state index contributed by atoms with van der Waals surface area (Å²) >= 11 is 1.64. The standard InChI is InChI=1S/C12H14N6S/c1-2-9(1)13-5-10-7-18(16-15-10)8-11-6-17-3-4-19-12(17)14-11/h3-4,6-7,9,13H,1-2,5,8H2. The molecule has 3 aromatic heterocycles. The monoisotopic (exact) mass is 274 g/mol. The summed E-state index contributed by atoms with van der Waals surface area (Å²) < 4.78 is 3.88. The first-order valence-electron chi connectivity index (χ1n) is 6.40. The van der Waals surface area contributed by atoms with E-state index in [1.807, 2.05) is 33.1 Å². The summed E-state index contributed by atoms with van der Waals surface area (Å²) in [4.78, 5) is 5.56. The fourth-order valence-corrected chi connectivity index (χ4v) is 2.77. The molecule has 0 unspecified atom stereocenters. The first-order valence-corrected chi connectivity index (χ1v) is 7.28. The van der Waals surface area contributed by atoms with Gasteiger partial charge < -0.3 is 5.32 Å². The summed E-state index contributed by atoms with van der Waals surface area (Å²) in [5.74, 6) is 0. The predicted octanol–water partition coefficient (Wildman–Crippen LogP) is 1.29. The Morgan fingerprint density at radius 2 is 2.26 bits per heavy atom. The van der Waals surface area contributed by atoms with E-state index in [2.05, 4.69) is 20.6 Å². The van der Waals surface area contributed by atoms with Crippen LogP contribution in [0.2, 0.25) is 0 Å². The van der Waals surface area contributed by atoms with E-state index >= 15 is 0 Å². The van der Waals surface area contributed by atoms with Crippen LogP contribution >= 0.6 is 11.3 Å². The van der Waals surface area contributed by atoms with Gasteiger partial charge in [0.1, 0.15) is 0 Å². The highest BCUT2D eigenvalue weighted by Crippen LogP contribution is 2.19. The van der Waals surface area contributed by atoms with Crippen LogP contribution in [0.4, 0.5) is 0 Å². The van der Waals surface area contributed by atoms with Crippen molar-refractivity contribution in [3.05, 3.63) is 35.4 Å². The number of hydrogen-bond acceptors (Lipinski definition) is 5. The first kappa shape index (κ1) is 11.1. The van der Waals surface area contributed by atoms with Gasteiger partial charge in [0.15, 0.2) is 4.96 Å². The molecule has 98 valence electrons. The first-order chi connectivity index (χ1) is 9.37. The van der Waals surface area contributed by atoms with Crippen molar-refractivity contribution in [3.63, 3.8) is 0 Å². The summed E-state index contributed by atoms with van der Waals surface area (Å²) in [6.07, 6.45) is 8.63. The van der Waals surface area contributed by atoms with Gasteiger partial charge in [-0.1, -0.05) is 5.21 Å². The average Bonchev–Trinajstić information content (AvgIpc) is 2.79. The molecule has 4 rings (SSSR count). The number of hydrogen-bond donors (Lipinski definition) is 1. The third-order valence-corrected chi connectivity index (χ3v) is 3.97. The molecule has 0 aliphatic heterocycles. The second-order valence-electron chi connectivity index (χ2n) is 4.89. The van der Waals surface area contributed by atoms with Crippen LogP contribution in [-0.2, 0) is 13.1 Å². The fraction of sp³-hybridized carbons (Fsp3) is 0.417. The van der Waals surface area contributed by atoms with E-state index in [0.29, 0.717) is 12.6 Å². The summed E-state index contributed by atoms with van der Waals surface area (Å²) in [7, 11) is 0. The number of nitrogens with one attached hydrogen (secondary N) is 1. The minimum Gasteiger partial charge on any atom is -0.308 e. The fourth-order valence-electron chi connectivity index (χ4n) is 2.05. The van der Waals surface area contributed by atoms with Gasteiger partial charge in [0.2, 0.25) is 0 Å². The molecule has 0 spiro atoms. The molecule has 0 aromatic carbocycles. The van der Waals surface area contributed by atoms with E-state index in [9.17, 15) is 0 Å². The SMILES string of the molecule is c1cn2cc(Cn3cc(CNC4CC4)nn3)nc2s1. The molecule has 1 saturated carbocycles. The summed E-state index contributed by atoms with van der Waals surface area (Å²) in [6, 6.07) is 0.699. The van der Waals surface area contributed by atoms with Crippen LogP contribution in [0.1, 0.15) is 24.2 Å². The van der Waals surface area contributed by atoms with Gasteiger partial charge in [-0.05, 0) is 12.8 Å². The lowest BCUT2D eigenvalue weighted by Crippen LogP contribution is -2.15. The highest BCUT2D eigenvalue weighted by atomic mass is 32.1. The highest BCUT2D eigenvalue weighted by molar-refractivity contribution is 7.15. The van der Waals surface area contributed by atoms with Gasteiger partial charge in [-0.3, -0.25) is 4.40 Å². The molecule has 0 atom stereocenters. The molecule has 19 heavy (non-hydrogen) atoms. The van der Waals surface area contributed by atoms with E-state index in [-0.39, 0.29) is 0 Å². The van der Waals surface area contributed by atoms with Gasteiger partial charge in [-0.25, -0.2) is 9.67 Å². The Kier molecular flexibility index (Phi) is 2.59. The predicted molar refractivity (Wildman–Crippen MR) is 72.1 cm³/mol. The molecule has 1 N–H and O–H groups in total. The normalized spacial score (nSPS) is 15.4. The van der Waals surface area contributed by atoms with E-state index in [1.165, 1.54) is 12.8 Å². The topological polar surface area (TPSA) is 60.0 Å². The molecule has 1 aliphatic rings. The van der Waals surface area contributed by atoms with Gasteiger partial charge in [-0.2, -0.15) is 0 Å². The van der Waals surface area contributed by atoms with Crippen molar-refractivity contribution in [1.82, 2.24) is 29.7 Å². The van der Waals surface area contributed by atoms with Crippen LogP contribution < -0.4 is 5.32 Å². The Bertz CT molecular complexity index is 663. The van der Waals surface area contributed by atoms with Crippen LogP contribution in [-0.4, -0.2) is 30.4 Å². The summed E-state index contributed by atoms with van der Waals surface area (Å²) in [6.45, 7) is 1.48. The maximum absolute atomic E-state index is 4.54. The van der Waals surface area contributed by atoms with E-state index in [4.69, 9.17) is 0 Å². The second kappa shape index (κ2) is 4.43. The summed E-state index contributed by atoms with van der Waals surface area (Å²) in [5, 5.41) is 13.8. The number of aromatic nitrogens is 5. The van der Waals surface area contributed by atoms with Gasteiger partial charge in [-0.15, -0.1) is 16.4 Å². The third kappa shape index (κ3) is 2.39. The largest absolute Gasteiger partial charge is 0.308 e. The number of thiazole rings is 1. The Morgan fingerprint density at radius 1 is 1.32 bits per heavy atom. The molecule has 0 amide bonds. The van der Waals surface area contributed by atoms with Crippen LogP contribution in [0.3, 0.4) is 0 Å². The van der Waals surface area contributed by atoms with Crippen molar-refractivity contribution in [1.29, 1.82) is 0 Å². The van der Waals surface area contributed by atoms with Gasteiger partial charge in [0.05, 0.1) is 24.1 Å². The maximum Gasteiger partial charge on any atom is 0.193 e. The van der Waals surface area contributed by atoms with E-state index < -0.39 is 0 Å². The van der Waals surface area contributed by atoms with Gasteiger partial charge >= 0.3 is 0 Å². The highest BCUT2D eigenvalue weighted by Gasteiger charge is 2.20. The second-order valence-corrected chi connectivity index (χ2v) is 5.76. The number of rotatable bonds is 5. The lowest BCUT2D eigenvalue weighted by molar-refractivity contribution is 0.638. The minimum atomic E-state index is 0.671. The van der Waals surface area contributed by atoms with Crippen molar-refractivity contribution < 1.29 is 0 Å². The van der Waals surface area contributed by atoms with Crippen LogP contribution in [0.5, 0.6) is 0 Å². The zero-order valence-electron chi connectivity index (χ0n) is 10.4. The molecule has 0 bridgehead atoms. The number of nitrogens with zero attached hydrogens (tertiary/aromatic N) is 5. The number of imidazole rings is 1. The van der Waals surface area contributed by atoms with Gasteiger partial charge in [0, 0.05) is 30.4 Å². The van der Waals surface area contributed by atoms with Crippen molar-refractivity contribution >= 4 is 16.3 Å². The van der Waals surface area contributed by atoms with Crippen LogP contribution in [0.25, 0.3) is 4.96 Å². The van der Waals surface area contributed by atoms with Gasteiger partial charge in [0.25, 0.3) is 0 Å². The third-order valence-electron chi connectivity index (χ3n) is 3.20. The Hall–Kier alpha value is -1.73. The lowest BCUT2D eigenvalue weighted by Gasteiger charge is -1.97. The molecular formula is C12H14N6S. The Balaban J connectivity index is 1.45. The molecule has 1 aliphatic carbocycles. The molecule has 0 saturated heterocycles. The minimum absolute atomic E-state index is 0.671. The maximum atomic E-state index is 4.54.